The highest BCUT2D eigenvalue weighted by atomic mass is 35.5. The number of nitrogens with two attached hydrogens (primary N) is 1. The Hall–Kier alpha value is -1.33. The number of nitrogens with zero attached hydrogens (tertiary/aromatic N) is 2. The van der Waals surface area contributed by atoms with Gasteiger partial charge in [0.05, 0.1) is 0 Å². The molecule has 1 aliphatic carbocycles. The number of hydrogen-bond donors (Lipinski definition) is 3. The third-order valence-corrected chi connectivity index (χ3v) is 3.11. The van der Waals surface area contributed by atoms with Crippen molar-refractivity contribution in [2.75, 3.05) is 17.7 Å². The third kappa shape index (κ3) is 2.87. The standard InChI is InChI=1S/C11H15ClN4O/c1-6-2-8(3-7(6)5-17)14-10-4-9(12)15-11(13)16-10/h2,4,7-8,17H,3,5H2,1H3,(H3,13,14,15,16)/t7-,8+/m1/s1. The van der Waals surface area contributed by atoms with Gasteiger partial charge in [0.1, 0.15) is 11.0 Å². The van der Waals surface area contributed by atoms with Gasteiger partial charge in [-0.3, -0.25) is 0 Å². The summed E-state index contributed by atoms with van der Waals surface area (Å²) in [4.78, 5) is 7.84. The van der Waals surface area contributed by atoms with Crippen LogP contribution in [0.5, 0.6) is 0 Å². The van der Waals surface area contributed by atoms with Gasteiger partial charge in [-0.1, -0.05) is 23.3 Å². The topological polar surface area (TPSA) is 84.1 Å². The Morgan fingerprint density at radius 3 is 2.94 bits per heavy atom. The first kappa shape index (κ1) is 12.1. The van der Waals surface area contributed by atoms with Crippen LogP contribution < -0.4 is 11.1 Å². The molecule has 0 saturated heterocycles. The summed E-state index contributed by atoms with van der Waals surface area (Å²) in [5, 5.41) is 12.7. The minimum Gasteiger partial charge on any atom is -0.396 e. The summed E-state index contributed by atoms with van der Waals surface area (Å²) in [6, 6.07) is 1.78. The average Bonchev–Trinajstić information content (AvgIpc) is 2.57. The van der Waals surface area contributed by atoms with Crippen LogP contribution in [-0.2, 0) is 0 Å². The van der Waals surface area contributed by atoms with Gasteiger partial charge in [0.2, 0.25) is 5.95 Å². The second-order valence-electron chi connectivity index (χ2n) is 4.21. The van der Waals surface area contributed by atoms with Crippen LogP contribution in [0.4, 0.5) is 11.8 Å². The summed E-state index contributed by atoms with van der Waals surface area (Å²) in [5.41, 5.74) is 6.71. The van der Waals surface area contributed by atoms with Crippen molar-refractivity contribution in [1.29, 1.82) is 0 Å². The molecular weight excluding hydrogens is 240 g/mol. The largest absolute Gasteiger partial charge is 0.396 e. The molecule has 6 heteroatoms. The molecule has 0 spiro atoms. The lowest BCUT2D eigenvalue weighted by Gasteiger charge is -2.13. The van der Waals surface area contributed by atoms with Crippen molar-refractivity contribution in [3.05, 3.63) is 22.9 Å². The fourth-order valence-electron chi connectivity index (χ4n) is 2.03. The molecule has 0 fully saturated rings. The summed E-state index contributed by atoms with van der Waals surface area (Å²) in [7, 11) is 0. The van der Waals surface area contributed by atoms with Crippen LogP contribution in [-0.4, -0.2) is 27.7 Å². The van der Waals surface area contributed by atoms with E-state index in [1.165, 1.54) is 5.57 Å². The van der Waals surface area contributed by atoms with Gasteiger partial charge >= 0.3 is 0 Å². The molecule has 0 unspecified atom stereocenters. The number of halogens is 1. The molecule has 0 aliphatic heterocycles. The van der Waals surface area contributed by atoms with Gasteiger partial charge in [-0.25, -0.2) is 4.98 Å². The summed E-state index contributed by atoms with van der Waals surface area (Å²) in [6.45, 7) is 2.19. The van der Waals surface area contributed by atoms with E-state index in [-0.39, 0.29) is 24.5 Å². The van der Waals surface area contributed by atoms with Gasteiger partial charge in [0.25, 0.3) is 0 Å². The smallest absolute Gasteiger partial charge is 0.223 e. The number of rotatable bonds is 3. The summed E-state index contributed by atoms with van der Waals surface area (Å²) in [6.07, 6.45) is 2.94. The third-order valence-electron chi connectivity index (χ3n) is 2.91. The molecule has 0 amide bonds. The highest BCUT2D eigenvalue weighted by Gasteiger charge is 2.23. The molecular formula is C11H15ClN4O. The molecule has 0 radical (unpaired) electrons. The van der Waals surface area contributed by atoms with Gasteiger partial charge in [-0.05, 0) is 13.3 Å². The maximum absolute atomic E-state index is 9.17. The number of nitrogen functional groups attached to an aromatic ring is 1. The number of aromatic nitrogens is 2. The molecule has 0 bridgehead atoms. The maximum atomic E-state index is 9.17. The lowest BCUT2D eigenvalue weighted by atomic mass is 10.0. The first-order valence-corrected chi connectivity index (χ1v) is 5.82. The second-order valence-corrected chi connectivity index (χ2v) is 4.60. The molecule has 4 N–H and O–H groups in total. The van der Waals surface area contributed by atoms with Crippen LogP contribution in [0.15, 0.2) is 17.7 Å². The van der Waals surface area contributed by atoms with E-state index in [0.29, 0.717) is 11.0 Å². The van der Waals surface area contributed by atoms with Gasteiger partial charge in [0, 0.05) is 24.6 Å². The Morgan fingerprint density at radius 1 is 1.59 bits per heavy atom. The Balaban J connectivity index is 2.07. The molecule has 1 aliphatic rings. The van der Waals surface area contributed by atoms with Crippen LogP contribution >= 0.6 is 11.6 Å². The molecule has 92 valence electrons. The predicted octanol–water partition coefficient (Wildman–Crippen LogP) is 1.45. The van der Waals surface area contributed by atoms with Crippen molar-refractivity contribution in [3.63, 3.8) is 0 Å². The highest BCUT2D eigenvalue weighted by molar-refractivity contribution is 6.29. The van der Waals surface area contributed by atoms with Gasteiger partial charge in [-0.15, -0.1) is 0 Å². The van der Waals surface area contributed by atoms with Crippen molar-refractivity contribution in [2.45, 2.75) is 19.4 Å². The first-order valence-electron chi connectivity index (χ1n) is 5.44. The molecule has 0 saturated carbocycles. The zero-order valence-corrected chi connectivity index (χ0v) is 10.3. The highest BCUT2D eigenvalue weighted by Crippen LogP contribution is 2.27. The molecule has 1 aromatic heterocycles. The van der Waals surface area contributed by atoms with Gasteiger partial charge in [-0.2, -0.15) is 4.98 Å². The van der Waals surface area contributed by atoms with Crippen LogP contribution in [0.1, 0.15) is 13.3 Å². The van der Waals surface area contributed by atoms with E-state index < -0.39 is 0 Å². The van der Waals surface area contributed by atoms with Crippen LogP contribution in [0.2, 0.25) is 5.15 Å². The van der Waals surface area contributed by atoms with Crippen molar-refractivity contribution in [3.8, 4) is 0 Å². The summed E-state index contributed by atoms with van der Waals surface area (Å²) >= 11 is 5.79. The predicted molar refractivity (Wildman–Crippen MR) is 67.8 cm³/mol. The summed E-state index contributed by atoms with van der Waals surface area (Å²) in [5.74, 6) is 0.981. The first-order chi connectivity index (χ1) is 8.08. The Kier molecular flexibility index (Phi) is 3.49. The van der Waals surface area contributed by atoms with Gasteiger partial charge in [0.15, 0.2) is 0 Å². The average molecular weight is 255 g/mol. The van der Waals surface area contributed by atoms with Crippen molar-refractivity contribution < 1.29 is 5.11 Å². The minimum absolute atomic E-state index is 0.150. The fourth-order valence-corrected chi connectivity index (χ4v) is 2.22. The summed E-state index contributed by atoms with van der Waals surface area (Å²) < 4.78 is 0. The van der Waals surface area contributed by atoms with E-state index in [0.717, 1.165) is 6.42 Å². The van der Waals surface area contributed by atoms with E-state index in [2.05, 4.69) is 21.4 Å². The molecule has 1 heterocycles. The maximum Gasteiger partial charge on any atom is 0.223 e. The van der Waals surface area contributed by atoms with Crippen LogP contribution in [0, 0.1) is 5.92 Å². The molecule has 5 nitrogen and oxygen atoms in total. The normalized spacial score (nSPS) is 23.6. The lowest BCUT2D eigenvalue weighted by molar-refractivity contribution is 0.244. The lowest BCUT2D eigenvalue weighted by Crippen LogP contribution is -2.18. The Bertz CT molecular complexity index is 429. The van der Waals surface area contributed by atoms with Crippen molar-refractivity contribution in [1.82, 2.24) is 9.97 Å². The minimum atomic E-state index is 0.150. The molecule has 1 aromatic rings. The van der Waals surface area contributed by atoms with E-state index in [1.807, 2.05) is 6.92 Å². The number of aliphatic hydroxyl groups is 1. The van der Waals surface area contributed by atoms with Crippen LogP contribution in [0.3, 0.4) is 0 Å². The second kappa shape index (κ2) is 4.89. The van der Waals surface area contributed by atoms with E-state index >= 15 is 0 Å². The Labute approximate surface area is 105 Å². The molecule has 2 rings (SSSR count). The van der Waals surface area contributed by atoms with Gasteiger partial charge < -0.3 is 16.2 Å². The fraction of sp³-hybridized carbons (Fsp3) is 0.455. The van der Waals surface area contributed by atoms with Crippen molar-refractivity contribution in [2.24, 2.45) is 5.92 Å². The zero-order valence-electron chi connectivity index (χ0n) is 9.52. The van der Waals surface area contributed by atoms with E-state index in [1.54, 1.807) is 6.07 Å². The van der Waals surface area contributed by atoms with E-state index in [4.69, 9.17) is 17.3 Å². The molecule has 17 heavy (non-hydrogen) atoms. The Morgan fingerprint density at radius 2 is 2.35 bits per heavy atom. The SMILES string of the molecule is CC1=C[C@H](Nc2cc(Cl)nc(N)n2)C[C@@H]1CO. The number of hydrogen-bond acceptors (Lipinski definition) is 5. The van der Waals surface area contributed by atoms with E-state index in [9.17, 15) is 5.11 Å². The van der Waals surface area contributed by atoms with Crippen molar-refractivity contribution >= 4 is 23.4 Å². The number of aliphatic hydroxyl groups excluding tert-OH is 1. The zero-order chi connectivity index (χ0) is 12.4. The number of nitrogens with one attached hydrogen (secondary N) is 1. The monoisotopic (exact) mass is 254 g/mol. The quantitative estimate of drug-likeness (QED) is 0.562. The van der Waals surface area contributed by atoms with Crippen LogP contribution in [0.25, 0.3) is 0 Å². The molecule has 2 atom stereocenters. The number of anilines is 2. The molecule has 0 aromatic carbocycles.